The summed E-state index contributed by atoms with van der Waals surface area (Å²) in [7, 11) is 0. The fraction of sp³-hybridized carbons (Fsp3) is 0.273. The van der Waals surface area contributed by atoms with Gasteiger partial charge in [0.15, 0.2) is 0 Å². The minimum absolute atomic E-state index is 0.0534. The summed E-state index contributed by atoms with van der Waals surface area (Å²) < 4.78 is 1.76. The number of aromatic nitrogens is 2. The van der Waals surface area contributed by atoms with Gasteiger partial charge in [0.1, 0.15) is 0 Å². The Hall–Kier alpha value is -3.12. The fourth-order valence-corrected chi connectivity index (χ4v) is 3.49. The summed E-state index contributed by atoms with van der Waals surface area (Å²) in [4.78, 5) is 17.1. The van der Waals surface area contributed by atoms with Crippen LogP contribution < -0.4 is 5.32 Å². The molecule has 1 saturated heterocycles. The van der Waals surface area contributed by atoms with Crippen molar-refractivity contribution in [2.45, 2.75) is 6.42 Å². The minimum atomic E-state index is -0.0534. The van der Waals surface area contributed by atoms with E-state index in [1.54, 1.807) is 10.9 Å². The summed E-state index contributed by atoms with van der Waals surface area (Å²) in [5.41, 5.74) is 2.99. The van der Waals surface area contributed by atoms with Crippen molar-refractivity contribution in [1.82, 2.24) is 19.6 Å². The molecule has 0 saturated carbocycles. The third-order valence-corrected chi connectivity index (χ3v) is 5.12. The number of nitrogens with zero attached hydrogens (tertiary/aromatic N) is 4. The van der Waals surface area contributed by atoms with E-state index in [-0.39, 0.29) is 6.03 Å². The zero-order valence-electron chi connectivity index (χ0n) is 15.9. The quantitative estimate of drug-likeness (QED) is 0.745. The van der Waals surface area contributed by atoms with E-state index in [2.05, 4.69) is 39.6 Å². The molecule has 0 bridgehead atoms. The molecular weight excluding hydrogens is 350 g/mol. The molecule has 1 N–H and O–H groups in total. The maximum Gasteiger partial charge on any atom is 0.321 e. The van der Waals surface area contributed by atoms with E-state index in [1.165, 1.54) is 5.56 Å². The number of para-hydroxylation sites is 2. The topological polar surface area (TPSA) is 53.4 Å². The largest absolute Gasteiger partial charge is 0.322 e. The molecule has 1 aliphatic heterocycles. The first kappa shape index (κ1) is 18.3. The average molecular weight is 375 g/mol. The van der Waals surface area contributed by atoms with Crippen molar-refractivity contribution in [1.29, 1.82) is 0 Å². The minimum Gasteiger partial charge on any atom is -0.322 e. The summed E-state index contributed by atoms with van der Waals surface area (Å²) in [6, 6.07) is 20.1. The third-order valence-electron chi connectivity index (χ3n) is 5.12. The first-order chi connectivity index (χ1) is 13.8. The number of benzene rings is 2. The van der Waals surface area contributed by atoms with Gasteiger partial charge in [-0.05, 0) is 30.2 Å². The Kier molecular flexibility index (Phi) is 5.68. The van der Waals surface area contributed by atoms with Gasteiger partial charge < -0.3 is 10.2 Å². The van der Waals surface area contributed by atoms with Crippen LogP contribution in [-0.2, 0) is 6.42 Å². The number of urea groups is 1. The number of piperazine rings is 1. The highest BCUT2D eigenvalue weighted by Crippen LogP contribution is 2.19. The molecule has 6 heteroatoms. The normalized spacial score (nSPS) is 14.8. The van der Waals surface area contributed by atoms with E-state index in [0.717, 1.165) is 50.5 Å². The molecule has 3 aromatic rings. The molecule has 1 aliphatic rings. The Morgan fingerprint density at radius 2 is 1.68 bits per heavy atom. The summed E-state index contributed by atoms with van der Waals surface area (Å²) in [5, 5.41) is 7.32. The van der Waals surface area contributed by atoms with Crippen molar-refractivity contribution in [2.24, 2.45) is 0 Å². The van der Waals surface area contributed by atoms with Crippen LogP contribution in [0.1, 0.15) is 5.56 Å². The maximum atomic E-state index is 12.7. The van der Waals surface area contributed by atoms with Crippen LogP contribution in [0.4, 0.5) is 10.5 Å². The number of carbonyl (C=O) groups excluding carboxylic acids is 1. The Morgan fingerprint density at radius 1 is 0.929 bits per heavy atom. The highest BCUT2D eigenvalue weighted by molar-refractivity contribution is 5.91. The van der Waals surface area contributed by atoms with Crippen LogP contribution >= 0.6 is 0 Å². The highest BCUT2D eigenvalue weighted by atomic mass is 16.2. The number of hydrogen-bond acceptors (Lipinski definition) is 3. The molecule has 0 atom stereocenters. The first-order valence-electron chi connectivity index (χ1n) is 9.71. The zero-order valence-corrected chi connectivity index (χ0v) is 15.9. The van der Waals surface area contributed by atoms with Gasteiger partial charge in [-0.2, -0.15) is 5.10 Å². The van der Waals surface area contributed by atoms with Gasteiger partial charge in [-0.25, -0.2) is 9.48 Å². The predicted octanol–water partition coefficient (Wildman–Crippen LogP) is 3.26. The van der Waals surface area contributed by atoms with Gasteiger partial charge in [0.05, 0.1) is 11.4 Å². The molecule has 0 radical (unpaired) electrons. The van der Waals surface area contributed by atoms with E-state index in [4.69, 9.17) is 0 Å². The lowest BCUT2D eigenvalue weighted by Gasteiger charge is -2.34. The van der Waals surface area contributed by atoms with Gasteiger partial charge in [0.2, 0.25) is 0 Å². The number of hydrogen-bond donors (Lipinski definition) is 1. The lowest BCUT2D eigenvalue weighted by atomic mass is 10.1. The van der Waals surface area contributed by atoms with Crippen LogP contribution in [0.3, 0.4) is 0 Å². The second kappa shape index (κ2) is 8.71. The molecule has 0 unspecified atom stereocenters. The lowest BCUT2D eigenvalue weighted by Crippen LogP contribution is -2.50. The number of nitrogens with one attached hydrogen (secondary N) is 1. The zero-order chi connectivity index (χ0) is 19.2. The summed E-state index contributed by atoms with van der Waals surface area (Å²) in [6.45, 7) is 4.32. The molecule has 28 heavy (non-hydrogen) atoms. The fourth-order valence-electron chi connectivity index (χ4n) is 3.49. The lowest BCUT2D eigenvalue weighted by molar-refractivity contribution is 0.148. The molecule has 2 aromatic carbocycles. The van der Waals surface area contributed by atoms with Crippen LogP contribution in [0, 0.1) is 0 Å². The van der Waals surface area contributed by atoms with Gasteiger partial charge in [0.25, 0.3) is 0 Å². The van der Waals surface area contributed by atoms with Crippen molar-refractivity contribution < 1.29 is 4.79 Å². The maximum absolute atomic E-state index is 12.7. The number of carbonyl (C=O) groups is 1. The third kappa shape index (κ3) is 4.40. The molecule has 1 aromatic heterocycles. The van der Waals surface area contributed by atoms with Crippen molar-refractivity contribution in [3.63, 3.8) is 0 Å². The molecule has 144 valence electrons. The SMILES string of the molecule is O=C(Nc1ccccc1-n1cccn1)N1CCN(CCc2ccccc2)CC1. The number of anilines is 1. The molecular formula is C22H25N5O. The summed E-state index contributed by atoms with van der Waals surface area (Å²) in [5.74, 6) is 0. The van der Waals surface area contributed by atoms with Gasteiger partial charge in [0, 0.05) is 45.1 Å². The molecule has 6 nitrogen and oxygen atoms in total. The van der Waals surface area contributed by atoms with E-state index in [9.17, 15) is 4.79 Å². The van der Waals surface area contributed by atoms with Gasteiger partial charge in [-0.15, -0.1) is 0 Å². The van der Waals surface area contributed by atoms with Gasteiger partial charge in [-0.1, -0.05) is 42.5 Å². The van der Waals surface area contributed by atoms with Crippen LogP contribution in [-0.4, -0.2) is 58.3 Å². The second-order valence-corrected chi connectivity index (χ2v) is 6.96. The molecule has 0 spiro atoms. The first-order valence-corrected chi connectivity index (χ1v) is 9.71. The Morgan fingerprint density at radius 3 is 2.43 bits per heavy atom. The molecule has 4 rings (SSSR count). The number of rotatable bonds is 5. The van der Waals surface area contributed by atoms with Gasteiger partial charge >= 0.3 is 6.03 Å². The van der Waals surface area contributed by atoms with Gasteiger partial charge in [-0.3, -0.25) is 4.90 Å². The smallest absolute Gasteiger partial charge is 0.321 e. The predicted molar refractivity (Wildman–Crippen MR) is 111 cm³/mol. The van der Waals surface area contributed by atoms with Crippen LogP contribution in [0.25, 0.3) is 5.69 Å². The Bertz CT molecular complexity index is 886. The Labute approximate surface area is 165 Å². The molecule has 1 fully saturated rings. The van der Waals surface area contributed by atoms with E-state index in [1.807, 2.05) is 47.5 Å². The van der Waals surface area contributed by atoms with Crippen molar-refractivity contribution in [2.75, 3.05) is 38.0 Å². The van der Waals surface area contributed by atoms with Crippen molar-refractivity contribution >= 4 is 11.7 Å². The van der Waals surface area contributed by atoms with E-state index in [0.29, 0.717) is 0 Å². The number of amides is 2. The highest BCUT2D eigenvalue weighted by Gasteiger charge is 2.21. The van der Waals surface area contributed by atoms with Crippen LogP contribution in [0.5, 0.6) is 0 Å². The second-order valence-electron chi connectivity index (χ2n) is 6.96. The van der Waals surface area contributed by atoms with E-state index >= 15 is 0 Å². The monoisotopic (exact) mass is 375 g/mol. The summed E-state index contributed by atoms with van der Waals surface area (Å²) >= 11 is 0. The Balaban J connectivity index is 1.30. The molecule has 0 aliphatic carbocycles. The average Bonchev–Trinajstić information content (AvgIpc) is 3.28. The van der Waals surface area contributed by atoms with Crippen molar-refractivity contribution in [3.8, 4) is 5.69 Å². The van der Waals surface area contributed by atoms with Crippen LogP contribution in [0.2, 0.25) is 0 Å². The van der Waals surface area contributed by atoms with Crippen LogP contribution in [0.15, 0.2) is 73.1 Å². The molecule has 2 heterocycles. The summed E-state index contributed by atoms with van der Waals surface area (Å²) in [6.07, 6.45) is 4.65. The van der Waals surface area contributed by atoms with Crippen molar-refractivity contribution in [3.05, 3.63) is 78.6 Å². The van der Waals surface area contributed by atoms with E-state index < -0.39 is 0 Å². The standard InChI is InChI=1S/C22H25N5O/c28-22(24-20-9-4-5-10-21(20)27-13-6-12-23-27)26-17-15-25(16-18-26)14-11-19-7-2-1-3-8-19/h1-10,12-13H,11,14-18H2,(H,24,28). The molecule has 2 amide bonds.